The van der Waals surface area contributed by atoms with Gasteiger partial charge in [0.1, 0.15) is 0 Å². The topological polar surface area (TPSA) is 84.4 Å². The van der Waals surface area contributed by atoms with Gasteiger partial charge in [0.05, 0.1) is 6.54 Å². The summed E-state index contributed by atoms with van der Waals surface area (Å²) in [6.07, 6.45) is 0. The van der Waals surface area contributed by atoms with Crippen molar-refractivity contribution in [1.29, 1.82) is 0 Å². The Morgan fingerprint density at radius 1 is 1.24 bits per heavy atom. The van der Waals surface area contributed by atoms with Crippen molar-refractivity contribution in [2.24, 2.45) is 11.5 Å². The third-order valence-corrected chi connectivity index (χ3v) is 4.21. The Kier molecular flexibility index (Phi) is 5.69. The van der Waals surface area contributed by atoms with Crippen molar-refractivity contribution in [1.82, 2.24) is 4.90 Å². The zero-order valence-electron chi connectivity index (χ0n) is 12.3. The summed E-state index contributed by atoms with van der Waals surface area (Å²) in [4.78, 5) is 15.3. The minimum absolute atomic E-state index is 0.0387. The molecule has 0 bridgehead atoms. The molecule has 0 radical (unpaired) electrons. The van der Waals surface area contributed by atoms with E-state index in [1.807, 2.05) is 23.1 Å². The van der Waals surface area contributed by atoms with Gasteiger partial charge in [0, 0.05) is 41.4 Å². The maximum atomic E-state index is 12.1. The number of fused-ring (bicyclic) bond motifs is 1. The lowest BCUT2D eigenvalue weighted by atomic mass is 10.2. The zero-order valence-corrected chi connectivity index (χ0v) is 13.1. The van der Waals surface area contributed by atoms with E-state index in [9.17, 15) is 4.79 Å². The standard InChI is InChI=1S/C15H22N4OS/c1-11-8-12-9-13(2-3-14(12)21-11)18-15(20)10-19(6-4-16)7-5-17/h2-3,8-9H,4-7,10,16-17H2,1H3,(H,18,20). The summed E-state index contributed by atoms with van der Waals surface area (Å²) in [6.45, 7) is 4.79. The van der Waals surface area contributed by atoms with Gasteiger partial charge in [-0.2, -0.15) is 0 Å². The Morgan fingerprint density at radius 2 is 1.95 bits per heavy atom. The number of thiophene rings is 1. The minimum atomic E-state index is -0.0387. The monoisotopic (exact) mass is 306 g/mol. The molecule has 0 atom stereocenters. The average Bonchev–Trinajstić information content (AvgIpc) is 2.78. The molecule has 5 nitrogen and oxygen atoms in total. The molecule has 1 aromatic heterocycles. The van der Waals surface area contributed by atoms with Crippen molar-refractivity contribution in [3.05, 3.63) is 29.1 Å². The van der Waals surface area contributed by atoms with Crippen LogP contribution in [0, 0.1) is 6.92 Å². The Bertz CT molecular complexity index is 605. The number of nitrogens with two attached hydrogens (primary N) is 2. The number of nitrogens with zero attached hydrogens (tertiary/aromatic N) is 1. The van der Waals surface area contributed by atoms with Crippen LogP contribution < -0.4 is 16.8 Å². The Balaban J connectivity index is 1.99. The van der Waals surface area contributed by atoms with Gasteiger partial charge in [0.15, 0.2) is 0 Å². The van der Waals surface area contributed by atoms with Crippen molar-refractivity contribution < 1.29 is 4.79 Å². The van der Waals surface area contributed by atoms with Crippen LogP contribution >= 0.6 is 11.3 Å². The number of carbonyl (C=O) groups excluding carboxylic acids is 1. The van der Waals surface area contributed by atoms with Gasteiger partial charge in [0.2, 0.25) is 5.91 Å². The van der Waals surface area contributed by atoms with Gasteiger partial charge in [0.25, 0.3) is 0 Å². The number of nitrogens with one attached hydrogen (secondary N) is 1. The van der Waals surface area contributed by atoms with Crippen LogP contribution in [-0.2, 0) is 4.79 Å². The van der Waals surface area contributed by atoms with Gasteiger partial charge in [-0.15, -0.1) is 11.3 Å². The predicted molar refractivity (Wildman–Crippen MR) is 89.7 cm³/mol. The van der Waals surface area contributed by atoms with E-state index in [2.05, 4.69) is 18.3 Å². The molecule has 0 aliphatic carbocycles. The number of aryl methyl sites for hydroxylation is 1. The molecule has 0 unspecified atom stereocenters. The second-order valence-electron chi connectivity index (χ2n) is 5.01. The Hall–Kier alpha value is -1.47. The molecule has 1 aromatic carbocycles. The van der Waals surface area contributed by atoms with Crippen LogP contribution in [-0.4, -0.2) is 43.5 Å². The molecule has 0 saturated heterocycles. The fourth-order valence-electron chi connectivity index (χ4n) is 2.29. The number of anilines is 1. The van der Waals surface area contributed by atoms with Crippen molar-refractivity contribution >= 4 is 33.0 Å². The quantitative estimate of drug-likeness (QED) is 0.721. The first-order valence-corrected chi connectivity index (χ1v) is 7.86. The predicted octanol–water partition coefficient (Wildman–Crippen LogP) is 1.37. The van der Waals surface area contributed by atoms with E-state index < -0.39 is 0 Å². The fourth-order valence-corrected chi connectivity index (χ4v) is 3.20. The van der Waals surface area contributed by atoms with E-state index in [4.69, 9.17) is 11.5 Å². The lowest BCUT2D eigenvalue weighted by Crippen LogP contribution is -2.39. The number of benzene rings is 1. The molecule has 0 aliphatic heterocycles. The highest BCUT2D eigenvalue weighted by Crippen LogP contribution is 2.27. The van der Waals surface area contributed by atoms with Crippen LogP contribution in [0.5, 0.6) is 0 Å². The summed E-state index contributed by atoms with van der Waals surface area (Å²) in [5.41, 5.74) is 11.9. The van der Waals surface area contributed by atoms with Gasteiger partial charge in [-0.3, -0.25) is 9.69 Å². The van der Waals surface area contributed by atoms with Crippen LogP contribution in [0.2, 0.25) is 0 Å². The average molecular weight is 306 g/mol. The van der Waals surface area contributed by atoms with E-state index in [0.29, 0.717) is 32.7 Å². The minimum Gasteiger partial charge on any atom is -0.329 e. The van der Waals surface area contributed by atoms with Crippen LogP contribution in [0.4, 0.5) is 5.69 Å². The molecule has 6 heteroatoms. The molecular weight excluding hydrogens is 284 g/mol. The molecule has 1 amide bonds. The van der Waals surface area contributed by atoms with Crippen LogP contribution in [0.1, 0.15) is 4.88 Å². The van der Waals surface area contributed by atoms with Gasteiger partial charge >= 0.3 is 0 Å². The van der Waals surface area contributed by atoms with E-state index in [-0.39, 0.29) is 5.91 Å². The summed E-state index contributed by atoms with van der Waals surface area (Å²) in [5.74, 6) is -0.0387. The van der Waals surface area contributed by atoms with E-state index in [1.54, 1.807) is 11.3 Å². The molecule has 0 saturated carbocycles. The van der Waals surface area contributed by atoms with Gasteiger partial charge < -0.3 is 16.8 Å². The maximum Gasteiger partial charge on any atom is 0.238 e. The normalized spacial score (nSPS) is 11.2. The molecule has 0 aliphatic rings. The molecule has 2 rings (SSSR count). The van der Waals surface area contributed by atoms with Crippen LogP contribution in [0.3, 0.4) is 0 Å². The summed E-state index contributed by atoms with van der Waals surface area (Å²) in [7, 11) is 0. The smallest absolute Gasteiger partial charge is 0.238 e. The molecular formula is C15H22N4OS. The van der Waals surface area contributed by atoms with Gasteiger partial charge in [-0.25, -0.2) is 0 Å². The van der Waals surface area contributed by atoms with Gasteiger partial charge in [-0.1, -0.05) is 0 Å². The first kappa shape index (κ1) is 15.9. The summed E-state index contributed by atoms with van der Waals surface area (Å²) in [6, 6.07) is 8.12. The third-order valence-electron chi connectivity index (χ3n) is 3.18. The number of rotatable bonds is 7. The Morgan fingerprint density at radius 3 is 2.62 bits per heavy atom. The number of carbonyl (C=O) groups is 1. The number of hydrogen-bond donors (Lipinski definition) is 3. The molecule has 5 N–H and O–H groups in total. The molecule has 0 spiro atoms. The number of amides is 1. The summed E-state index contributed by atoms with van der Waals surface area (Å²) in [5, 5.41) is 4.10. The van der Waals surface area contributed by atoms with Crippen molar-refractivity contribution in [3.8, 4) is 0 Å². The van der Waals surface area contributed by atoms with Gasteiger partial charge in [-0.05, 0) is 36.6 Å². The second-order valence-corrected chi connectivity index (χ2v) is 6.30. The molecule has 114 valence electrons. The van der Waals surface area contributed by atoms with Crippen molar-refractivity contribution in [2.45, 2.75) is 6.92 Å². The van der Waals surface area contributed by atoms with Crippen LogP contribution in [0.25, 0.3) is 10.1 Å². The van der Waals surface area contributed by atoms with E-state index in [0.717, 1.165) is 11.1 Å². The molecule has 2 aromatic rings. The molecule has 1 heterocycles. The fraction of sp³-hybridized carbons (Fsp3) is 0.400. The highest BCUT2D eigenvalue weighted by Gasteiger charge is 2.10. The lowest BCUT2D eigenvalue weighted by molar-refractivity contribution is -0.117. The number of hydrogen-bond acceptors (Lipinski definition) is 5. The second kappa shape index (κ2) is 7.51. The maximum absolute atomic E-state index is 12.1. The summed E-state index contributed by atoms with van der Waals surface area (Å²) < 4.78 is 1.23. The summed E-state index contributed by atoms with van der Waals surface area (Å²) >= 11 is 1.75. The lowest BCUT2D eigenvalue weighted by Gasteiger charge is -2.19. The van der Waals surface area contributed by atoms with Crippen molar-refractivity contribution in [2.75, 3.05) is 38.0 Å². The highest BCUT2D eigenvalue weighted by atomic mass is 32.1. The first-order valence-electron chi connectivity index (χ1n) is 7.05. The SMILES string of the molecule is Cc1cc2cc(NC(=O)CN(CCN)CCN)ccc2s1. The largest absolute Gasteiger partial charge is 0.329 e. The molecule has 21 heavy (non-hydrogen) atoms. The van der Waals surface area contributed by atoms with Crippen molar-refractivity contribution in [3.63, 3.8) is 0 Å². The van der Waals surface area contributed by atoms with Crippen LogP contribution in [0.15, 0.2) is 24.3 Å². The van der Waals surface area contributed by atoms with E-state index >= 15 is 0 Å². The van der Waals surface area contributed by atoms with E-state index in [1.165, 1.54) is 9.58 Å². The molecule has 0 fully saturated rings. The third kappa shape index (κ3) is 4.50. The first-order chi connectivity index (χ1) is 10.1. The highest BCUT2D eigenvalue weighted by molar-refractivity contribution is 7.19. The Labute approximate surface area is 128 Å². The zero-order chi connectivity index (χ0) is 15.2.